The summed E-state index contributed by atoms with van der Waals surface area (Å²) in [6.07, 6.45) is -4.47. The van der Waals surface area contributed by atoms with Crippen molar-refractivity contribution < 1.29 is 22.7 Å². The molecule has 0 amide bonds. The Morgan fingerprint density at radius 3 is 2.00 bits per heavy atom. The Bertz CT molecular complexity index is 888. The van der Waals surface area contributed by atoms with Crippen LogP contribution in [0.2, 0.25) is 0 Å². The lowest BCUT2D eigenvalue weighted by Gasteiger charge is -2.19. The van der Waals surface area contributed by atoms with Gasteiger partial charge in [0.1, 0.15) is 5.56 Å². The molecular formula is C19H16F3NO2. The van der Waals surface area contributed by atoms with Crippen molar-refractivity contribution in [2.75, 3.05) is 0 Å². The summed E-state index contributed by atoms with van der Waals surface area (Å²) in [5.41, 5.74) is 0.385. The Hall–Kier alpha value is -2.63. The second kappa shape index (κ2) is 5.44. The number of carbonyl (C=O) groups is 1. The van der Waals surface area contributed by atoms with Gasteiger partial charge >= 0.3 is 6.18 Å². The minimum absolute atomic E-state index is 0.158. The molecule has 1 aliphatic heterocycles. The number of fused-ring (bicyclic) bond motifs is 1. The van der Waals surface area contributed by atoms with Gasteiger partial charge in [-0.25, -0.2) is 0 Å². The van der Waals surface area contributed by atoms with Crippen LogP contribution in [0.3, 0.4) is 0 Å². The smallest absolute Gasteiger partial charge is 0.416 e. The molecule has 1 aliphatic rings. The van der Waals surface area contributed by atoms with Crippen molar-refractivity contribution in [3.8, 4) is 0 Å². The molecule has 0 radical (unpaired) electrons. The predicted octanol–water partition coefficient (Wildman–Crippen LogP) is 4.83. The van der Waals surface area contributed by atoms with E-state index < -0.39 is 17.5 Å². The SMILES string of the molecule is CC(C)(C)c1ccc2c(c1)C(=O)C(c1ccc(C(F)(F)F)cc1)=[N+]2[O-]. The van der Waals surface area contributed by atoms with Crippen molar-refractivity contribution in [2.45, 2.75) is 32.4 Å². The quantitative estimate of drug-likeness (QED) is 0.548. The second-order valence-corrected chi connectivity index (χ2v) is 7.03. The molecule has 0 bridgehead atoms. The number of alkyl halides is 3. The van der Waals surface area contributed by atoms with E-state index in [2.05, 4.69) is 0 Å². The van der Waals surface area contributed by atoms with Crippen LogP contribution in [0.1, 0.15) is 47.8 Å². The topological polar surface area (TPSA) is 43.1 Å². The highest BCUT2D eigenvalue weighted by molar-refractivity contribution is 6.52. The first-order valence-corrected chi connectivity index (χ1v) is 7.71. The van der Waals surface area contributed by atoms with Crippen molar-refractivity contribution in [3.63, 3.8) is 0 Å². The molecule has 6 heteroatoms. The fourth-order valence-electron chi connectivity index (χ4n) is 2.77. The molecule has 130 valence electrons. The molecule has 0 N–H and O–H groups in total. The summed E-state index contributed by atoms with van der Waals surface area (Å²) < 4.78 is 38.5. The Morgan fingerprint density at radius 2 is 1.48 bits per heavy atom. The molecule has 3 nitrogen and oxygen atoms in total. The molecule has 2 aromatic carbocycles. The van der Waals surface area contributed by atoms with Gasteiger partial charge in [-0.05, 0) is 41.3 Å². The number of benzene rings is 2. The summed E-state index contributed by atoms with van der Waals surface area (Å²) in [4.78, 5) is 12.7. The van der Waals surface area contributed by atoms with Gasteiger partial charge in [0.2, 0.25) is 5.69 Å². The van der Waals surface area contributed by atoms with Gasteiger partial charge in [-0.3, -0.25) is 4.79 Å². The second-order valence-electron chi connectivity index (χ2n) is 7.03. The summed E-state index contributed by atoms with van der Waals surface area (Å²) in [6, 6.07) is 9.08. The number of nitrogens with zero attached hydrogens (tertiary/aromatic N) is 1. The molecule has 0 saturated heterocycles. The Balaban J connectivity index is 2.04. The van der Waals surface area contributed by atoms with Crippen LogP contribution >= 0.6 is 0 Å². The molecule has 0 unspecified atom stereocenters. The third kappa shape index (κ3) is 2.92. The van der Waals surface area contributed by atoms with Crippen LogP contribution in [-0.2, 0) is 11.6 Å². The van der Waals surface area contributed by atoms with Crippen molar-refractivity contribution in [1.82, 2.24) is 0 Å². The molecule has 0 fully saturated rings. The van der Waals surface area contributed by atoms with E-state index >= 15 is 0 Å². The monoisotopic (exact) mass is 347 g/mol. The first-order valence-electron chi connectivity index (χ1n) is 7.71. The summed E-state index contributed by atoms with van der Waals surface area (Å²) in [7, 11) is 0. The van der Waals surface area contributed by atoms with Crippen LogP contribution in [0.15, 0.2) is 42.5 Å². The highest BCUT2D eigenvalue weighted by Crippen LogP contribution is 2.34. The lowest BCUT2D eigenvalue weighted by molar-refractivity contribution is -0.355. The highest BCUT2D eigenvalue weighted by Gasteiger charge is 2.38. The van der Waals surface area contributed by atoms with Crippen molar-refractivity contribution in [1.29, 1.82) is 0 Å². The van der Waals surface area contributed by atoms with E-state index in [0.29, 0.717) is 4.74 Å². The van der Waals surface area contributed by atoms with E-state index in [1.165, 1.54) is 0 Å². The first kappa shape index (κ1) is 17.2. The number of halogens is 3. The highest BCUT2D eigenvalue weighted by atomic mass is 19.4. The Kier molecular flexibility index (Phi) is 3.74. The standard InChI is InChI=1S/C19H16F3NO2/c1-18(2,3)13-8-9-15-14(10-13)17(24)16(23(15)25)11-4-6-12(7-5-11)19(20,21)22/h4-10H,1-3H3. The van der Waals surface area contributed by atoms with E-state index in [-0.39, 0.29) is 27.9 Å². The molecule has 0 saturated carbocycles. The van der Waals surface area contributed by atoms with Crippen LogP contribution in [0.25, 0.3) is 0 Å². The largest absolute Gasteiger partial charge is 0.618 e. The number of hydrogen-bond donors (Lipinski definition) is 0. The average molecular weight is 347 g/mol. The van der Waals surface area contributed by atoms with Crippen molar-refractivity contribution >= 4 is 17.2 Å². The van der Waals surface area contributed by atoms with E-state index in [1.807, 2.05) is 20.8 Å². The summed E-state index contributed by atoms with van der Waals surface area (Å²) in [5, 5.41) is 12.5. The van der Waals surface area contributed by atoms with Gasteiger partial charge in [0.25, 0.3) is 11.5 Å². The minimum atomic E-state index is -4.47. The predicted molar refractivity (Wildman–Crippen MR) is 88.3 cm³/mol. The van der Waals surface area contributed by atoms with Gasteiger partial charge < -0.3 is 5.21 Å². The fourth-order valence-corrected chi connectivity index (χ4v) is 2.77. The summed E-state index contributed by atoms with van der Waals surface area (Å²) in [6.45, 7) is 5.97. The summed E-state index contributed by atoms with van der Waals surface area (Å²) in [5.74, 6) is -0.476. The Morgan fingerprint density at radius 1 is 0.920 bits per heavy atom. The number of rotatable bonds is 1. The molecule has 0 spiro atoms. The molecule has 2 aromatic rings. The first-order chi connectivity index (χ1) is 11.5. The molecule has 25 heavy (non-hydrogen) atoms. The third-order valence-corrected chi connectivity index (χ3v) is 4.23. The number of carbonyl (C=O) groups excluding carboxylic acids is 1. The molecule has 1 heterocycles. The van der Waals surface area contributed by atoms with E-state index in [4.69, 9.17) is 0 Å². The maximum absolute atomic E-state index is 12.7. The fraction of sp³-hybridized carbons (Fsp3) is 0.263. The summed E-state index contributed by atoms with van der Waals surface area (Å²) >= 11 is 0. The van der Waals surface area contributed by atoms with Crippen LogP contribution in [0, 0.1) is 5.21 Å². The molecule has 0 aliphatic carbocycles. The lowest BCUT2D eigenvalue weighted by Crippen LogP contribution is -2.17. The van der Waals surface area contributed by atoms with Crippen LogP contribution in [0.5, 0.6) is 0 Å². The van der Waals surface area contributed by atoms with Gasteiger partial charge in [-0.2, -0.15) is 17.9 Å². The zero-order valence-corrected chi connectivity index (χ0v) is 13.9. The Labute approximate surface area is 143 Å². The zero-order chi connectivity index (χ0) is 18.6. The van der Waals surface area contributed by atoms with E-state index in [1.54, 1.807) is 18.2 Å². The average Bonchev–Trinajstić information content (AvgIpc) is 2.77. The van der Waals surface area contributed by atoms with Crippen molar-refractivity contribution in [2.24, 2.45) is 0 Å². The number of hydrogen-bond acceptors (Lipinski definition) is 2. The van der Waals surface area contributed by atoms with Gasteiger partial charge in [0.15, 0.2) is 0 Å². The maximum Gasteiger partial charge on any atom is 0.416 e. The minimum Gasteiger partial charge on any atom is -0.618 e. The molecule has 0 aromatic heterocycles. The lowest BCUT2D eigenvalue weighted by atomic mass is 9.85. The van der Waals surface area contributed by atoms with Gasteiger partial charge in [0.05, 0.1) is 11.1 Å². The number of ketones is 1. The van der Waals surface area contributed by atoms with E-state index in [0.717, 1.165) is 29.8 Å². The maximum atomic E-state index is 12.7. The van der Waals surface area contributed by atoms with E-state index in [9.17, 15) is 23.2 Å². The molecular weight excluding hydrogens is 331 g/mol. The van der Waals surface area contributed by atoms with Crippen LogP contribution in [0.4, 0.5) is 18.9 Å². The normalized spacial score (nSPS) is 14.9. The van der Waals surface area contributed by atoms with Crippen LogP contribution < -0.4 is 0 Å². The van der Waals surface area contributed by atoms with Gasteiger partial charge in [-0.1, -0.05) is 26.8 Å². The van der Waals surface area contributed by atoms with Crippen LogP contribution in [-0.4, -0.2) is 16.2 Å². The van der Waals surface area contributed by atoms with Crippen molar-refractivity contribution in [3.05, 3.63) is 69.9 Å². The zero-order valence-electron chi connectivity index (χ0n) is 13.9. The molecule has 3 rings (SSSR count). The number of Topliss-reactive ketones (excluding diaryl/α,β-unsaturated/α-hetero) is 1. The van der Waals surface area contributed by atoms with Gasteiger partial charge in [0, 0.05) is 6.07 Å². The third-order valence-electron chi connectivity index (χ3n) is 4.23. The molecule has 0 atom stereocenters. The van der Waals surface area contributed by atoms with Gasteiger partial charge in [-0.15, -0.1) is 0 Å².